The predicted molar refractivity (Wildman–Crippen MR) is 70.8 cm³/mol. The summed E-state index contributed by atoms with van der Waals surface area (Å²) in [4.78, 5) is 2.38. The van der Waals surface area contributed by atoms with Crippen LogP contribution in [0.2, 0.25) is 0 Å². The monoisotopic (exact) mass is 259 g/mol. The van der Waals surface area contributed by atoms with Crippen LogP contribution in [0.3, 0.4) is 0 Å². The summed E-state index contributed by atoms with van der Waals surface area (Å²) in [6, 6.07) is 7.08. The first-order valence-electron chi connectivity index (χ1n) is 6.82. The van der Waals surface area contributed by atoms with Crippen molar-refractivity contribution in [3.8, 4) is 6.07 Å². The smallest absolute Gasteiger partial charge is 0.123 e. The molecule has 3 nitrogen and oxygen atoms in total. The zero-order valence-corrected chi connectivity index (χ0v) is 11.1. The molecule has 2 fully saturated rings. The molecule has 100 valence electrons. The molecule has 0 bridgehead atoms. The Kier molecular flexibility index (Phi) is 3.26. The van der Waals surface area contributed by atoms with Crippen molar-refractivity contribution < 1.29 is 4.39 Å². The second-order valence-electron chi connectivity index (χ2n) is 5.67. The Morgan fingerprint density at radius 3 is 3.05 bits per heavy atom. The molecule has 1 aromatic rings. The van der Waals surface area contributed by atoms with Crippen LogP contribution in [0, 0.1) is 29.0 Å². The van der Waals surface area contributed by atoms with Crippen molar-refractivity contribution in [2.45, 2.75) is 19.5 Å². The normalized spacial score (nSPS) is 30.3. The molecule has 3 unspecified atom stereocenters. The maximum Gasteiger partial charge on any atom is 0.123 e. The van der Waals surface area contributed by atoms with E-state index in [1.807, 2.05) is 0 Å². The van der Waals surface area contributed by atoms with Gasteiger partial charge in [-0.2, -0.15) is 5.26 Å². The minimum Gasteiger partial charge on any atom is -0.316 e. The standard InChI is InChI=1S/C15H18FN3/c1-10-15-7-18-6-13(15)9-19(10)8-12-4-14(16)3-2-11(12)5-17/h2-4,10,13,15,18H,6-9H2,1H3. The second-order valence-corrected chi connectivity index (χ2v) is 5.67. The third-order valence-electron chi connectivity index (χ3n) is 4.62. The van der Waals surface area contributed by atoms with Gasteiger partial charge in [-0.05, 0) is 55.6 Å². The van der Waals surface area contributed by atoms with E-state index < -0.39 is 0 Å². The zero-order chi connectivity index (χ0) is 13.4. The Labute approximate surface area is 113 Å². The van der Waals surface area contributed by atoms with E-state index in [-0.39, 0.29) is 5.82 Å². The van der Waals surface area contributed by atoms with Crippen molar-refractivity contribution in [2.75, 3.05) is 19.6 Å². The fourth-order valence-electron chi connectivity index (χ4n) is 3.49. The lowest BCUT2D eigenvalue weighted by atomic mass is 9.95. The van der Waals surface area contributed by atoms with Crippen LogP contribution in [0.25, 0.3) is 0 Å². The average Bonchev–Trinajstić information content (AvgIpc) is 2.95. The number of benzene rings is 1. The topological polar surface area (TPSA) is 39.1 Å². The summed E-state index contributed by atoms with van der Waals surface area (Å²) < 4.78 is 13.3. The molecule has 19 heavy (non-hydrogen) atoms. The number of rotatable bonds is 2. The number of fused-ring (bicyclic) bond motifs is 1. The van der Waals surface area contributed by atoms with Crippen molar-refractivity contribution in [3.63, 3.8) is 0 Å². The molecule has 2 aliphatic rings. The lowest BCUT2D eigenvalue weighted by Crippen LogP contribution is -2.33. The fraction of sp³-hybridized carbons (Fsp3) is 0.533. The first-order chi connectivity index (χ1) is 9.19. The molecule has 2 heterocycles. The number of likely N-dealkylation sites (tertiary alicyclic amines) is 1. The van der Waals surface area contributed by atoms with Crippen molar-refractivity contribution in [3.05, 3.63) is 35.1 Å². The number of nitrogens with zero attached hydrogens (tertiary/aromatic N) is 2. The van der Waals surface area contributed by atoms with Crippen molar-refractivity contribution in [1.82, 2.24) is 10.2 Å². The summed E-state index contributed by atoms with van der Waals surface area (Å²) in [7, 11) is 0. The molecule has 0 aliphatic carbocycles. The number of hydrogen-bond donors (Lipinski definition) is 1. The van der Waals surface area contributed by atoms with Crippen LogP contribution < -0.4 is 5.32 Å². The Balaban J connectivity index is 1.79. The molecule has 0 amide bonds. The van der Waals surface area contributed by atoms with Gasteiger partial charge >= 0.3 is 0 Å². The molecule has 0 radical (unpaired) electrons. The average molecular weight is 259 g/mol. The van der Waals surface area contributed by atoms with Gasteiger partial charge in [0.25, 0.3) is 0 Å². The van der Waals surface area contributed by atoms with Gasteiger partial charge in [-0.25, -0.2) is 4.39 Å². The van der Waals surface area contributed by atoms with Crippen LogP contribution >= 0.6 is 0 Å². The molecule has 4 heteroatoms. The number of halogens is 1. The molecule has 2 saturated heterocycles. The van der Waals surface area contributed by atoms with Gasteiger partial charge in [0.1, 0.15) is 5.82 Å². The van der Waals surface area contributed by atoms with E-state index in [2.05, 4.69) is 23.2 Å². The molecule has 1 aromatic carbocycles. The number of nitriles is 1. The lowest BCUT2D eigenvalue weighted by Gasteiger charge is -2.24. The van der Waals surface area contributed by atoms with Gasteiger partial charge in [0, 0.05) is 19.1 Å². The predicted octanol–water partition coefficient (Wildman–Crippen LogP) is 1.74. The largest absolute Gasteiger partial charge is 0.316 e. The Hall–Kier alpha value is -1.44. The number of hydrogen-bond acceptors (Lipinski definition) is 3. The van der Waals surface area contributed by atoms with Gasteiger partial charge in [0.15, 0.2) is 0 Å². The molecular weight excluding hydrogens is 241 g/mol. The van der Waals surface area contributed by atoms with Gasteiger partial charge in [-0.3, -0.25) is 4.90 Å². The highest BCUT2D eigenvalue weighted by Crippen LogP contribution is 2.33. The minimum absolute atomic E-state index is 0.261. The summed E-state index contributed by atoms with van der Waals surface area (Å²) in [6.07, 6.45) is 0. The summed E-state index contributed by atoms with van der Waals surface area (Å²) in [5, 5.41) is 12.5. The Morgan fingerprint density at radius 2 is 2.32 bits per heavy atom. The van der Waals surface area contributed by atoms with E-state index >= 15 is 0 Å². The highest BCUT2D eigenvalue weighted by atomic mass is 19.1. The third kappa shape index (κ3) is 2.24. The molecule has 1 N–H and O–H groups in total. The highest BCUT2D eigenvalue weighted by Gasteiger charge is 2.41. The van der Waals surface area contributed by atoms with Gasteiger partial charge in [0.05, 0.1) is 11.6 Å². The van der Waals surface area contributed by atoms with Gasteiger partial charge < -0.3 is 5.32 Å². The molecular formula is C15H18FN3. The van der Waals surface area contributed by atoms with E-state index in [9.17, 15) is 4.39 Å². The second kappa shape index (κ2) is 4.92. The van der Waals surface area contributed by atoms with Crippen molar-refractivity contribution >= 4 is 0 Å². The first kappa shape index (κ1) is 12.6. The van der Waals surface area contributed by atoms with E-state index in [1.54, 1.807) is 6.07 Å². The lowest BCUT2D eigenvalue weighted by molar-refractivity contribution is 0.231. The van der Waals surface area contributed by atoms with Gasteiger partial charge in [0.2, 0.25) is 0 Å². The summed E-state index contributed by atoms with van der Waals surface area (Å²) >= 11 is 0. The van der Waals surface area contributed by atoms with Crippen LogP contribution in [0.15, 0.2) is 18.2 Å². The first-order valence-corrected chi connectivity index (χ1v) is 6.82. The Bertz CT molecular complexity index is 523. The zero-order valence-electron chi connectivity index (χ0n) is 11.1. The van der Waals surface area contributed by atoms with E-state index in [1.165, 1.54) is 12.1 Å². The molecule has 3 rings (SSSR count). The summed E-state index contributed by atoms with van der Waals surface area (Å²) in [5.41, 5.74) is 1.39. The van der Waals surface area contributed by atoms with E-state index in [0.29, 0.717) is 30.0 Å². The van der Waals surface area contributed by atoms with Crippen LogP contribution in [-0.2, 0) is 6.54 Å². The molecule has 0 spiro atoms. The van der Waals surface area contributed by atoms with Crippen LogP contribution in [0.5, 0.6) is 0 Å². The number of nitrogens with one attached hydrogen (secondary N) is 1. The SMILES string of the molecule is CC1C2CNCC2CN1Cc1cc(F)ccc1C#N. The van der Waals surface area contributed by atoms with Crippen LogP contribution in [0.1, 0.15) is 18.1 Å². The maximum atomic E-state index is 13.3. The van der Waals surface area contributed by atoms with E-state index in [4.69, 9.17) is 5.26 Å². The molecule has 2 aliphatic heterocycles. The van der Waals surface area contributed by atoms with Crippen molar-refractivity contribution in [2.24, 2.45) is 11.8 Å². The third-order valence-corrected chi connectivity index (χ3v) is 4.62. The molecule has 0 aromatic heterocycles. The van der Waals surface area contributed by atoms with Crippen LogP contribution in [-0.4, -0.2) is 30.6 Å². The van der Waals surface area contributed by atoms with Gasteiger partial charge in [-0.15, -0.1) is 0 Å². The van der Waals surface area contributed by atoms with Crippen LogP contribution in [0.4, 0.5) is 4.39 Å². The maximum absolute atomic E-state index is 13.3. The molecule has 0 saturated carbocycles. The molecule has 3 atom stereocenters. The Morgan fingerprint density at radius 1 is 1.47 bits per heavy atom. The minimum atomic E-state index is -0.261. The quantitative estimate of drug-likeness (QED) is 0.879. The van der Waals surface area contributed by atoms with Crippen molar-refractivity contribution in [1.29, 1.82) is 5.26 Å². The fourth-order valence-corrected chi connectivity index (χ4v) is 3.49. The highest BCUT2D eigenvalue weighted by molar-refractivity contribution is 5.37. The van der Waals surface area contributed by atoms with E-state index in [0.717, 1.165) is 25.2 Å². The van der Waals surface area contributed by atoms with Gasteiger partial charge in [-0.1, -0.05) is 0 Å². The summed E-state index contributed by atoms with van der Waals surface area (Å²) in [6.45, 7) is 6.12. The summed E-state index contributed by atoms with van der Waals surface area (Å²) in [5.74, 6) is 1.14.